The molecule has 0 aliphatic carbocycles. The SMILES string of the molecule is [CH2-]C.[CH2-]C.[Cl][Pt][Cl].[NH2-].[NH2-]. The fourth-order valence-corrected chi connectivity index (χ4v) is 0. The fourth-order valence-electron chi connectivity index (χ4n) is 0. The van der Waals surface area contributed by atoms with Crippen LogP contribution in [0.4, 0.5) is 0 Å². The van der Waals surface area contributed by atoms with Gasteiger partial charge in [-0.05, 0) is 0 Å². The zero-order valence-corrected chi connectivity index (χ0v) is 9.43. The summed E-state index contributed by atoms with van der Waals surface area (Å²) in [7, 11) is 9.75. The van der Waals surface area contributed by atoms with Crippen molar-refractivity contribution in [3.63, 3.8) is 0 Å². The Kier molecular flexibility index (Phi) is 457. The average molecular weight is 356 g/mol. The van der Waals surface area contributed by atoms with Gasteiger partial charge in [0.1, 0.15) is 0 Å². The van der Waals surface area contributed by atoms with Crippen molar-refractivity contribution >= 4 is 18.8 Å². The first-order chi connectivity index (χ1) is 3.41. The summed E-state index contributed by atoms with van der Waals surface area (Å²) in [5.41, 5.74) is 0. The van der Waals surface area contributed by atoms with E-state index in [9.17, 15) is 0 Å². The molecule has 0 aromatic rings. The zero-order chi connectivity index (χ0) is 6.71. The van der Waals surface area contributed by atoms with Gasteiger partial charge in [0.15, 0.2) is 0 Å². The molecule has 0 aliphatic heterocycles. The molecule has 5 heteroatoms. The van der Waals surface area contributed by atoms with Crippen LogP contribution in [0.25, 0.3) is 12.3 Å². The second-order valence-electron chi connectivity index (χ2n) is 0.0452. The van der Waals surface area contributed by atoms with Crippen LogP contribution in [-0.4, -0.2) is 0 Å². The van der Waals surface area contributed by atoms with E-state index < -0.39 is 16.5 Å². The Labute approximate surface area is 75.2 Å². The predicted molar refractivity (Wildman–Crippen MR) is 44.3 cm³/mol. The van der Waals surface area contributed by atoms with Crippen LogP contribution >= 0.6 is 18.8 Å². The van der Waals surface area contributed by atoms with E-state index in [1.165, 1.54) is 0 Å². The monoisotopic (exact) mass is 355 g/mol. The molecule has 0 aromatic heterocycles. The standard InChI is InChI=1S/2C2H5.2ClH.2H2N.Pt/c2*1-2;;;;;/h2*1H2,2H3;2*1H;2*1H2;/q2*-1;;;2*-1;+2/p-2. The third kappa shape index (κ3) is 336. The molecule has 0 fully saturated rings. The zero-order valence-electron chi connectivity index (χ0n) is 5.64. The second kappa shape index (κ2) is 129. The van der Waals surface area contributed by atoms with Crippen LogP contribution in [0.2, 0.25) is 0 Å². The molecule has 0 spiro atoms. The quantitative estimate of drug-likeness (QED) is 0.574. The number of hydrogen-bond donors (Lipinski definition) is 0. The molecule has 0 aliphatic rings. The molecule has 0 heterocycles. The summed E-state index contributed by atoms with van der Waals surface area (Å²) in [6.07, 6.45) is 0. The van der Waals surface area contributed by atoms with Gasteiger partial charge < -0.3 is 26.1 Å². The molecule has 0 radical (unpaired) electrons. The first-order valence-electron chi connectivity index (χ1n) is 1.65. The van der Waals surface area contributed by atoms with E-state index in [1.54, 1.807) is 13.8 Å². The van der Waals surface area contributed by atoms with Gasteiger partial charge in [0.2, 0.25) is 0 Å². The van der Waals surface area contributed by atoms with E-state index in [-0.39, 0.29) is 12.3 Å². The Morgan fingerprint density at radius 2 is 0.889 bits per heavy atom. The number of halogens is 2. The largest absolute Gasteiger partial charge is 0.693 e. The van der Waals surface area contributed by atoms with Gasteiger partial charge in [-0.15, -0.1) is 0 Å². The third-order valence-electron chi connectivity index (χ3n) is 0. The molecule has 2 nitrogen and oxygen atoms in total. The summed E-state index contributed by atoms with van der Waals surface area (Å²) < 4.78 is 0. The smallest absolute Gasteiger partial charge is 0.693 e. The van der Waals surface area contributed by atoms with Crippen molar-refractivity contribution in [2.75, 3.05) is 0 Å². The Balaban J connectivity index is -0.00000000825. The van der Waals surface area contributed by atoms with Crippen molar-refractivity contribution in [1.29, 1.82) is 0 Å². The summed E-state index contributed by atoms with van der Waals surface area (Å²) >= 11 is -0.472. The van der Waals surface area contributed by atoms with Gasteiger partial charge in [-0.1, -0.05) is 0 Å². The van der Waals surface area contributed by atoms with Gasteiger partial charge in [0.05, 0.1) is 0 Å². The molecular weight excluding hydrogens is 342 g/mol. The van der Waals surface area contributed by atoms with Crippen molar-refractivity contribution in [3.8, 4) is 0 Å². The van der Waals surface area contributed by atoms with E-state index >= 15 is 0 Å². The Bertz CT molecular complexity index is 16.5. The van der Waals surface area contributed by atoms with Crippen LogP contribution in [0.3, 0.4) is 0 Å². The maximum atomic E-state index is 4.88. The minimum atomic E-state index is -0.472. The summed E-state index contributed by atoms with van der Waals surface area (Å²) in [5.74, 6) is 0. The molecule has 0 saturated carbocycles. The van der Waals surface area contributed by atoms with E-state index in [4.69, 9.17) is 18.8 Å². The Hall–Kier alpha value is 1.19. The van der Waals surface area contributed by atoms with Gasteiger partial charge >= 0.3 is 35.3 Å². The fraction of sp³-hybridized carbons (Fsp3) is 0.500. The molecule has 0 bridgehead atoms. The number of nitrogens with two attached hydrogens (primary N) is 2. The van der Waals surface area contributed by atoms with Gasteiger partial charge in [0.25, 0.3) is 0 Å². The van der Waals surface area contributed by atoms with Crippen LogP contribution in [-0.2, 0) is 16.5 Å². The van der Waals surface area contributed by atoms with Crippen LogP contribution < -0.4 is 0 Å². The summed E-state index contributed by atoms with van der Waals surface area (Å²) in [6, 6.07) is 0. The van der Waals surface area contributed by atoms with Crippen molar-refractivity contribution in [3.05, 3.63) is 26.1 Å². The van der Waals surface area contributed by atoms with Crippen LogP contribution in [0.15, 0.2) is 0 Å². The van der Waals surface area contributed by atoms with Crippen LogP contribution in [0, 0.1) is 13.8 Å². The summed E-state index contributed by atoms with van der Waals surface area (Å²) in [5, 5.41) is 0. The molecule has 0 atom stereocenters. The van der Waals surface area contributed by atoms with Crippen molar-refractivity contribution < 1.29 is 16.5 Å². The average Bonchev–Trinajstić information content (AvgIpc) is 1.78. The van der Waals surface area contributed by atoms with Gasteiger partial charge in [-0.2, -0.15) is 13.8 Å². The topological polar surface area (TPSA) is 67.0 Å². The van der Waals surface area contributed by atoms with Crippen molar-refractivity contribution in [2.45, 2.75) is 13.8 Å². The van der Waals surface area contributed by atoms with E-state index in [0.29, 0.717) is 0 Å². The molecule has 68 valence electrons. The molecule has 0 aromatic carbocycles. The van der Waals surface area contributed by atoms with Gasteiger partial charge in [0, 0.05) is 0 Å². The van der Waals surface area contributed by atoms with E-state index in [2.05, 4.69) is 13.8 Å². The second-order valence-corrected chi connectivity index (χ2v) is 3.33. The van der Waals surface area contributed by atoms with Crippen molar-refractivity contribution in [2.24, 2.45) is 0 Å². The molecule has 0 unspecified atom stereocenters. The maximum absolute atomic E-state index is 4.88. The normalized spacial score (nSPS) is 3.78. The molecular formula is C4H14Cl2N2Pt-4. The molecule has 0 amide bonds. The van der Waals surface area contributed by atoms with Gasteiger partial charge in [-0.25, -0.2) is 0 Å². The van der Waals surface area contributed by atoms with E-state index in [1.807, 2.05) is 0 Å². The molecule has 0 rings (SSSR count). The van der Waals surface area contributed by atoms with Crippen molar-refractivity contribution in [1.82, 2.24) is 0 Å². The summed E-state index contributed by atoms with van der Waals surface area (Å²) in [4.78, 5) is 0. The number of rotatable bonds is 0. The predicted octanol–water partition coefficient (Wildman–Crippen LogP) is 4.49. The molecule has 9 heavy (non-hydrogen) atoms. The summed E-state index contributed by atoms with van der Waals surface area (Å²) in [6.45, 7) is 10.0. The van der Waals surface area contributed by atoms with Gasteiger partial charge in [-0.3, -0.25) is 0 Å². The first kappa shape index (κ1) is 32.0. The third-order valence-corrected chi connectivity index (χ3v) is 0. The Morgan fingerprint density at radius 1 is 0.889 bits per heavy atom. The molecule has 4 N–H and O–H groups in total. The Morgan fingerprint density at radius 3 is 0.889 bits per heavy atom. The van der Waals surface area contributed by atoms with Crippen LogP contribution in [0.1, 0.15) is 13.8 Å². The minimum absolute atomic E-state index is 0. The first-order valence-corrected chi connectivity index (χ1v) is 7.28. The van der Waals surface area contributed by atoms with E-state index in [0.717, 1.165) is 0 Å². The number of hydrogen-bond acceptors (Lipinski definition) is 0. The maximum Gasteiger partial charge on any atom is -0.693 e. The van der Waals surface area contributed by atoms with Crippen LogP contribution in [0.5, 0.6) is 0 Å². The molecule has 0 saturated heterocycles. The minimum Gasteiger partial charge on any atom is -0.693 e.